The molecule has 3 aromatic heterocycles. The van der Waals surface area contributed by atoms with Crippen LogP contribution in [0, 0.1) is 12.8 Å². The third-order valence-corrected chi connectivity index (χ3v) is 7.27. The van der Waals surface area contributed by atoms with Crippen LogP contribution in [-0.2, 0) is 9.53 Å². The summed E-state index contributed by atoms with van der Waals surface area (Å²) in [4.78, 5) is 31.2. The molecule has 1 saturated carbocycles. The Morgan fingerprint density at radius 2 is 2.09 bits per heavy atom. The van der Waals surface area contributed by atoms with Gasteiger partial charge in [-0.05, 0) is 45.1 Å². The zero-order chi connectivity index (χ0) is 22.5. The van der Waals surface area contributed by atoms with E-state index in [4.69, 9.17) is 9.72 Å². The molecule has 6 rings (SSSR count). The number of carbonyl (C=O) groups is 2. The Labute approximate surface area is 190 Å². The molecule has 0 unspecified atom stereocenters. The van der Waals surface area contributed by atoms with Gasteiger partial charge in [0.2, 0.25) is 0 Å². The topological polar surface area (TPSA) is 107 Å². The van der Waals surface area contributed by atoms with Crippen LogP contribution in [0.3, 0.4) is 0 Å². The zero-order valence-electron chi connectivity index (χ0n) is 18.6. The highest BCUT2D eigenvalue weighted by Crippen LogP contribution is 2.33. The predicted molar refractivity (Wildman–Crippen MR) is 120 cm³/mol. The molecule has 3 aliphatic rings. The van der Waals surface area contributed by atoms with Crippen molar-refractivity contribution in [3.05, 3.63) is 35.9 Å². The van der Waals surface area contributed by atoms with Crippen LogP contribution in [0.2, 0.25) is 0 Å². The van der Waals surface area contributed by atoms with Crippen LogP contribution in [0.25, 0.3) is 5.65 Å². The molecular formula is C23H27N7O3. The lowest BCUT2D eigenvalue weighted by Crippen LogP contribution is -2.37. The number of carbonyl (C=O) groups excluding carboxylic acids is 2. The molecule has 0 spiro atoms. The SMILES string of the molecule is Cc1nn([C@H]2CC[C@H](C=O)CC2)cc1NC(=O)c1cnn2ccc(N3C[C@H]4C[C@@H]3CO4)nc12. The fraction of sp³-hybridized carbons (Fsp3) is 0.522. The molecule has 172 valence electrons. The van der Waals surface area contributed by atoms with E-state index in [0.29, 0.717) is 22.9 Å². The first kappa shape index (κ1) is 20.3. The van der Waals surface area contributed by atoms with Gasteiger partial charge in [-0.2, -0.15) is 10.2 Å². The van der Waals surface area contributed by atoms with Gasteiger partial charge < -0.3 is 19.7 Å². The number of anilines is 2. The number of ether oxygens (including phenoxy) is 1. The lowest BCUT2D eigenvalue weighted by Gasteiger charge is -2.27. The molecule has 5 heterocycles. The van der Waals surface area contributed by atoms with E-state index >= 15 is 0 Å². The number of aryl methyl sites for hydroxylation is 1. The van der Waals surface area contributed by atoms with Gasteiger partial charge in [-0.3, -0.25) is 9.48 Å². The number of aromatic nitrogens is 5. The number of rotatable bonds is 5. The normalized spacial score (nSPS) is 26.8. The monoisotopic (exact) mass is 449 g/mol. The molecule has 2 saturated heterocycles. The van der Waals surface area contributed by atoms with E-state index < -0.39 is 0 Å². The highest BCUT2D eigenvalue weighted by Gasteiger charge is 2.39. The average molecular weight is 450 g/mol. The van der Waals surface area contributed by atoms with E-state index in [1.165, 1.54) is 0 Å². The Bertz CT molecular complexity index is 1210. The van der Waals surface area contributed by atoms with Crippen LogP contribution in [0.5, 0.6) is 0 Å². The first-order valence-corrected chi connectivity index (χ1v) is 11.6. The Kier molecular flexibility index (Phi) is 4.90. The first-order valence-electron chi connectivity index (χ1n) is 11.6. The molecule has 1 aliphatic carbocycles. The second-order valence-electron chi connectivity index (χ2n) is 9.38. The predicted octanol–water partition coefficient (Wildman–Crippen LogP) is 2.39. The van der Waals surface area contributed by atoms with Crippen LogP contribution in [-0.4, -0.2) is 61.9 Å². The fourth-order valence-electron chi connectivity index (χ4n) is 5.34. The number of hydrogen-bond acceptors (Lipinski definition) is 7. The van der Waals surface area contributed by atoms with Crippen LogP contribution in [0.4, 0.5) is 11.5 Å². The second-order valence-corrected chi connectivity index (χ2v) is 9.38. The van der Waals surface area contributed by atoms with Crippen molar-refractivity contribution in [3.8, 4) is 0 Å². The Hall–Kier alpha value is -3.27. The minimum Gasteiger partial charge on any atom is -0.374 e. The summed E-state index contributed by atoms with van der Waals surface area (Å²) in [5.74, 6) is 0.754. The largest absolute Gasteiger partial charge is 0.374 e. The van der Waals surface area contributed by atoms with Crippen molar-refractivity contribution in [3.63, 3.8) is 0 Å². The number of nitrogens with zero attached hydrogens (tertiary/aromatic N) is 6. The van der Waals surface area contributed by atoms with Crippen LogP contribution >= 0.6 is 0 Å². The maximum absolute atomic E-state index is 13.2. The Morgan fingerprint density at radius 3 is 2.82 bits per heavy atom. The quantitative estimate of drug-likeness (QED) is 0.596. The molecule has 2 atom stereocenters. The van der Waals surface area contributed by atoms with Crippen molar-refractivity contribution < 1.29 is 14.3 Å². The number of morpholine rings is 1. The summed E-state index contributed by atoms with van der Waals surface area (Å²) in [5.41, 5.74) is 2.41. The minimum absolute atomic E-state index is 0.161. The van der Waals surface area contributed by atoms with E-state index in [1.807, 2.05) is 30.1 Å². The molecule has 0 aromatic carbocycles. The number of amides is 1. The smallest absolute Gasteiger partial charge is 0.261 e. The van der Waals surface area contributed by atoms with Crippen LogP contribution in [0.15, 0.2) is 24.7 Å². The summed E-state index contributed by atoms with van der Waals surface area (Å²) in [5, 5.41) is 11.9. The van der Waals surface area contributed by atoms with E-state index in [0.717, 1.165) is 63.1 Å². The van der Waals surface area contributed by atoms with E-state index in [-0.39, 0.29) is 24.0 Å². The van der Waals surface area contributed by atoms with Crippen molar-refractivity contribution in [2.45, 2.75) is 57.2 Å². The molecule has 10 heteroatoms. The molecule has 2 aliphatic heterocycles. The number of fused-ring (bicyclic) bond motifs is 3. The van der Waals surface area contributed by atoms with Crippen molar-refractivity contribution in [1.29, 1.82) is 0 Å². The summed E-state index contributed by atoms with van der Waals surface area (Å²) >= 11 is 0. The van der Waals surface area contributed by atoms with E-state index in [2.05, 4.69) is 20.4 Å². The van der Waals surface area contributed by atoms with Crippen molar-refractivity contribution in [2.75, 3.05) is 23.4 Å². The van der Waals surface area contributed by atoms with Crippen LogP contribution in [0.1, 0.15) is 54.2 Å². The third-order valence-electron chi connectivity index (χ3n) is 7.27. The van der Waals surface area contributed by atoms with Gasteiger partial charge in [-0.1, -0.05) is 0 Å². The van der Waals surface area contributed by atoms with Crippen molar-refractivity contribution in [1.82, 2.24) is 24.4 Å². The van der Waals surface area contributed by atoms with Gasteiger partial charge in [0.25, 0.3) is 5.91 Å². The molecule has 3 aromatic rings. The summed E-state index contributed by atoms with van der Waals surface area (Å²) in [6, 6.07) is 2.54. The maximum Gasteiger partial charge on any atom is 0.261 e. The number of nitrogens with one attached hydrogen (secondary N) is 1. The number of aldehydes is 1. The molecule has 1 amide bonds. The molecular weight excluding hydrogens is 422 g/mol. The van der Waals surface area contributed by atoms with Gasteiger partial charge in [0, 0.05) is 24.9 Å². The zero-order valence-corrected chi connectivity index (χ0v) is 18.6. The summed E-state index contributed by atoms with van der Waals surface area (Å²) in [6.45, 7) is 3.45. The molecule has 1 N–H and O–H groups in total. The van der Waals surface area contributed by atoms with Crippen molar-refractivity contribution in [2.24, 2.45) is 5.92 Å². The van der Waals surface area contributed by atoms with Crippen LogP contribution < -0.4 is 10.2 Å². The highest BCUT2D eigenvalue weighted by atomic mass is 16.5. The van der Waals surface area contributed by atoms with Gasteiger partial charge in [-0.15, -0.1) is 0 Å². The van der Waals surface area contributed by atoms with Gasteiger partial charge in [0.15, 0.2) is 5.65 Å². The summed E-state index contributed by atoms with van der Waals surface area (Å²) < 4.78 is 9.26. The molecule has 3 fully saturated rings. The van der Waals surface area contributed by atoms with Gasteiger partial charge >= 0.3 is 0 Å². The maximum atomic E-state index is 13.2. The second kappa shape index (κ2) is 7.95. The molecule has 0 radical (unpaired) electrons. The van der Waals surface area contributed by atoms with E-state index in [9.17, 15) is 9.59 Å². The highest BCUT2D eigenvalue weighted by molar-refractivity contribution is 6.08. The van der Waals surface area contributed by atoms with Crippen molar-refractivity contribution >= 4 is 29.3 Å². The van der Waals surface area contributed by atoms with E-state index in [1.54, 1.807) is 10.7 Å². The summed E-state index contributed by atoms with van der Waals surface area (Å²) in [7, 11) is 0. The molecule has 33 heavy (non-hydrogen) atoms. The Balaban J connectivity index is 1.21. The number of hydrogen-bond donors (Lipinski definition) is 1. The minimum atomic E-state index is -0.256. The molecule has 2 bridgehead atoms. The van der Waals surface area contributed by atoms with Gasteiger partial charge in [0.05, 0.1) is 42.4 Å². The van der Waals surface area contributed by atoms with Gasteiger partial charge in [0.1, 0.15) is 17.7 Å². The Morgan fingerprint density at radius 1 is 1.24 bits per heavy atom. The lowest BCUT2D eigenvalue weighted by atomic mass is 9.87. The standard InChI is InChI=1S/C23H27N7O3/c1-14-20(11-30(27-14)16-4-2-15(12-31)3-5-16)25-23(32)19-9-24-29-7-6-21(26-22(19)29)28-10-18-8-17(28)13-33-18/h6-7,9,11-12,15-18H,2-5,8,10,13H2,1H3,(H,25,32)/t15-,16-,17-,18-/m1/s1. The lowest BCUT2D eigenvalue weighted by molar-refractivity contribution is -0.112. The first-order chi connectivity index (χ1) is 16.1. The third kappa shape index (κ3) is 3.58. The fourth-order valence-corrected chi connectivity index (χ4v) is 5.34. The average Bonchev–Trinajstić information content (AvgIpc) is 3.63. The van der Waals surface area contributed by atoms with Gasteiger partial charge in [-0.25, -0.2) is 9.50 Å². The molecule has 10 nitrogen and oxygen atoms in total. The summed E-state index contributed by atoms with van der Waals surface area (Å²) in [6.07, 6.45) is 11.3.